The van der Waals surface area contributed by atoms with Crippen molar-refractivity contribution in [2.45, 2.75) is 19.8 Å². The maximum absolute atomic E-state index is 12.5. The number of hydrogen-bond acceptors (Lipinski definition) is 4. The Hall–Kier alpha value is -4.32. The molecule has 1 N–H and O–H groups in total. The number of benzene rings is 2. The Labute approximate surface area is 198 Å². The van der Waals surface area contributed by atoms with Crippen molar-refractivity contribution in [2.24, 2.45) is 0 Å². The van der Waals surface area contributed by atoms with Gasteiger partial charge in [-0.25, -0.2) is 9.50 Å². The summed E-state index contributed by atoms with van der Waals surface area (Å²) in [5, 5.41) is 7.63. The zero-order valence-electron chi connectivity index (χ0n) is 19.0. The highest BCUT2D eigenvalue weighted by molar-refractivity contribution is 5.95. The number of carbonyl (C=O) groups excluding carboxylic acids is 1. The van der Waals surface area contributed by atoms with Gasteiger partial charge in [0, 0.05) is 35.0 Å². The second-order valence-corrected chi connectivity index (χ2v) is 8.14. The van der Waals surface area contributed by atoms with Crippen molar-refractivity contribution >= 4 is 11.6 Å². The monoisotopic (exact) mass is 447 g/mol. The normalized spacial score (nSPS) is 11.0. The third kappa shape index (κ3) is 4.43. The van der Waals surface area contributed by atoms with Gasteiger partial charge in [-0.15, -0.1) is 0 Å². The molecular weight excluding hydrogens is 422 g/mol. The lowest BCUT2D eigenvalue weighted by molar-refractivity contribution is 0.0953. The number of imidazole rings is 1. The third-order valence-corrected chi connectivity index (χ3v) is 5.76. The summed E-state index contributed by atoms with van der Waals surface area (Å²) < 4.78 is 1.83. The summed E-state index contributed by atoms with van der Waals surface area (Å²) in [6, 6.07) is 23.7. The minimum absolute atomic E-state index is 0.0562. The summed E-state index contributed by atoms with van der Waals surface area (Å²) in [6.45, 7) is 2.79. The fourth-order valence-electron chi connectivity index (χ4n) is 3.91. The summed E-state index contributed by atoms with van der Waals surface area (Å²) >= 11 is 0. The van der Waals surface area contributed by atoms with Crippen LogP contribution >= 0.6 is 0 Å². The van der Waals surface area contributed by atoms with Gasteiger partial charge in [-0.1, -0.05) is 55.8 Å². The number of amides is 1. The van der Waals surface area contributed by atoms with E-state index in [0.29, 0.717) is 12.1 Å². The number of rotatable bonds is 7. The molecule has 168 valence electrons. The van der Waals surface area contributed by atoms with Crippen molar-refractivity contribution in [1.29, 1.82) is 0 Å². The standard InChI is InChI=1S/C28H25N5O/c1-2-3-13-30-28(34)23-11-7-10-21(15-23)24-17-27-31-19-26(33(27)32-18-24)22-12-14-29-25(16-22)20-8-5-4-6-9-20/h4-12,14-19H,2-3,13H2,1H3,(H,30,34). The van der Waals surface area contributed by atoms with Crippen LogP contribution in [0.15, 0.2) is 91.4 Å². The van der Waals surface area contributed by atoms with Gasteiger partial charge in [0.1, 0.15) is 0 Å². The molecule has 5 aromatic rings. The van der Waals surface area contributed by atoms with Crippen LogP contribution in [0.2, 0.25) is 0 Å². The largest absolute Gasteiger partial charge is 0.352 e. The predicted octanol–water partition coefficient (Wildman–Crippen LogP) is 5.66. The second kappa shape index (κ2) is 9.67. The smallest absolute Gasteiger partial charge is 0.251 e. The lowest BCUT2D eigenvalue weighted by Gasteiger charge is -2.08. The van der Waals surface area contributed by atoms with E-state index in [2.05, 4.69) is 33.4 Å². The zero-order valence-corrected chi connectivity index (χ0v) is 19.0. The van der Waals surface area contributed by atoms with Crippen LogP contribution in [0.5, 0.6) is 0 Å². The van der Waals surface area contributed by atoms with Crippen molar-refractivity contribution < 1.29 is 4.79 Å². The molecule has 6 heteroatoms. The number of unbranched alkanes of at least 4 members (excludes halogenated alkanes) is 1. The van der Waals surface area contributed by atoms with E-state index in [9.17, 15) is 4.79 Å². The molecule has 2 aromatic carbocycles. The Balaban J connectivity index is 1.44. The number of aromatic nitrogens is 4. The van der Waals surface area contributed by atoms with E-state index in [-0.39, 0.29) is 5.91 Å². The van der Waals surface area contributed by atoms with E-state index < -0.39 is 0 Å². The first-order chi connectivity index (χ1) is 16.7. The van der Waals surface area contributed by atoms with Crippen molar-refractivity contribution in [1.82, 2.24) is 24.9 Å². The van der Waals surface area contributed by atoms with Gasteiger partial charge < -0.3 is 5.32 Å². The van der Waals surface area contributed by atoms with E-state index in [1.807, 2.05) is 89.8 Å². The van der Waals surface area contributed by atoms with E-state index in [1.54, 1.807) is 0 Å². The van der Waals surface area contributed by atoms with Gasteiger partial charge in [0.25, 0.3) is 5.91 Å². The minimum atomic E-state index is -0.0562. The molecule has 3 heterocycles. The van der Waals surface area contributed by atoms with Crippen LogP contribution in [0.3, 0.4) is 0 Å². The molecule has 0 aliphatic carbocycles. The Morgan fingerprint density at radius 3 is 2.56 bits per heavy atom. The molecule has 0 radical (unpaired) electrons. The SMILES string of the molecule is CCCCNC(=O)c1cccc(-c2cnn3c(-c4ccnc(-c5ccccc5)c4)cnc3c2)c1. The van der Waals surface area contributed by atoms with Gasteiger partial charge in [-0.2, -0.15) is 5.10 Å². The molecule has 0 spiro atoms. The van der Waals surface area contributed by atoms with Crippen molar-refractivity contribution in [3.63, 3.8) is 0 Å². The molecular formula is C28H25N5O. The predicted molar refractivity (Wildman–Crippen MR) is 134 cm³/mol. The van der Waals surface area contributed by atoms with Gasteiger partial charge in [0.2, 0.25) is 0 Å². The summed E-state index contributed by atoms with van der Waals surface area (Å²) in [5.74, 6) is -0.0562. The number of hydrogen-bond donors (Lipinski definition) is 1. The fraction of sp³-hybridized carbons (Fsp3) is 0.143. The number of nitrogens with one attached hydrogen (secondary N) is 1. The maximum Gasteiger partial charge on any atom is 0.251 e. The first-order valence-electron chi connectivity index (χ1n) is 11.5. The van der Waals surface area contributed by atoms with Crippen LogP contribution in [0.1, 0.15) is 30.1 Å². The number of pyridine rings is 1. The zero-order chi connectivity index (χ0) is 23.3. The van der Waals surface area contributed by atoms with Gasteiger partial charge in [-0.05, 0) is 42.3 Å². The molecule has 0 fully saturated rings. The second-order valence-electron chi connectivity index (χ2n) is 8.14. The third-order valence-electron chi connectivity index (χ3n) is 5.76. The molecule has 0 atom stereocenters. The molecule has 0 bridgehead atoms. The van der Waals surface area contributed by atoms with Crippen molar-refractivity contribution in [3.8, 4) is 33.6 Å². The Morgan fingerprint density at radius 2 is 1.71 bits per heavy atom. The fourth-order valence-corrected chi connectivity index (χ4v) is 3.91. The van der Waals surface area contributed by atoms with Crippen molar-refractivity contribution in [2.75, 3.05) is 6.54 Å². The molecule has 5 rings (SSSR count). The van der Waals surface area contributed by atoms with E-state index in [0.717, 1.165) is 52.1 Å². The molecule has 34 heavy (non-hydrogen) atoms. The molecule has 0 unspecified atom stereocenters. The maximum atomic E-state index is 12.5. The molecule has 0 aliphatic heterocycles. The lowest BCUT2D eigenvalue weighted by Crippen LogP contribution is -2.24. The Morgan fingerprint density at radius 1 is 0.853 bits per heavy atom. The molecule has 3 aromatic heterocycles. The van der Waals surface area contributed by atoms with E-state index >= 15 is 0 Å². The molecule has 6 nitrogen and oxygen atoms in total. The molecule has 0 saturated heterocycles. The molecule has 1 amide bonds. The van der Waals surface area contributed by atoms with Crippen LogP contribution in [-0.2, 0) is 0 Å². The van der Waals surface area contributed by atoms with Gasteiger partial charge >= 0.3 is 0 Å². The van der Waals surface area contributed by atoms with Crippen LogP contribution < -0.4 is 5.32 Å². The highest BCUT2D eigenvalue weighted by Crippen LogP contribution is 2.27. The highest BCUT2D eigenvalue weighted by Gasteiger charge is 2.12. The quantitative estimate of drug-likeness (QED) is 0.327. The Kier molecular flexibility index (Phi) is 6.12. The average Bonchev–Trinajstić information content (AvgIpc) is 3.33. The van der Waals surface area contributed by atoms with Crippen molar-refractivity contribution in [3.05, 3.63) is 97.0 Å². The number of fused-ring (bicyclic) bond motifs is 1. The summed E-state index contributed by atoms with van der Waals surface area (Å²) in [6.07, 6.45) is 7.46. The Bertz CT molecular complexity index is 1440. The summed E-state index contributed by atoms with van der Waals surface area (Å²) in [4.78, 5) is 21.6. The van der Waals surface area contributed by atoms with Crippen LogP contribution in [-0.4, -0.2) is 32.0 Å². The number of carbonyl (C=O) groups is 1. The van der Waals surface area contributed by atoms with Crippen LogP contribution in [0.25, 0.3) is 39.3 Å². The average molecular weight is 448 g/mol. The topological polar surface area (TPSA) is 72.2 Å². The summed E-state index contributed by atoms with van der Waals surface area (Å²) in [5.41, 5.74) is 7.07. The molecule has 0 saturated carbocycles. The summed E-state index contributed by atoms with van der Waals surface area (Å²) in [7, 11) is 0. The number of nitrogens with zero attached hydrogens (tertiary/aromatic N) is 4. The van der Waals surface area contributed by atoms with Crippen LogP contribution in [0, 0.1) is 0 Å². The molecule has 0 aliphatic rings. The van der Waals surface area contributed by atoms with Gasteiger partial charge in [0.15, 0.2) is 5.65 Å². The first kappa shape index (κ1) is 21.5. The van der Waals surface area contributed by atoms with Gasteiger partial charge in [-0.3, -0.25) is 9.78 Å². The minimum Gasteiger partial charge on any atom is -0.352 e. The lowest BCUT2D eigenvalue weighted by atomic mass is 10.0. The van der Waals surface area contributed by atoms with Gasteiger partial charge in [0.05, 0.1) is 23.8 Å². The highest BCUT2D eigenvalue weighted by atomic mass is 16.1. The van der Waals surface area contributed by atoms with E-state index in [1.165, 1.54) is 0 Å². The first-order valence-corrected chi connectivity index (χ1v) is 11.5. The van der Waals surface area contributed by atoms with Crippen LogP contribution in [0.4, 0.5) is 0 Å². The van der Waals surface area contributed by atoms with E-state index in [4.69, 9.17) is 0 Å².